The van der Waals surface area contributed by atoms with E-state index in [9.17, 15) is 9.59 Å². The second-order valence-corrected chi connectivity index (χ2v) is 12.5. The first-order valence-corrected chi connectivity index (χ1v) is 16.4. The van der Waals surface area contributed by atoms with Crippen molar-refractivity contribution in [1.82, 2.24) is 4.57 Å². The van der Waals surface area contributed by atoms with E-state index in [4.69, 9.17) is 30.8 Å². The molecule has 0 N–H and O–H groups in total. The van der Waals surface area contributed by atoms with Gasteiger partial charge < -0.3 is 14.2 Å². The van der Waals surface area contributed by atoms with E-state index >= 15 is 0 Å². The van der Waals surface area contributed by atoms with E-state index in [0.29, 0.717) is 43.7 Å². The third kappa shape index (κ3) is 6.44. The van der Waals surface area contributed by atoms with Crippen LogP contribution in [0.25, 0.3) is 11.8 Å². The summed E-state index contributed by atoms with van der Waals surface area (Å²) < 4.78 is 19.8. The molecule has 1 aliphatic rings. The lowest BCUT2D eigenvalue weighted by atomic mass is 9.93. The van der Waals surface area contributed by atoms with Crippen LogP contribution >= 0.6 is 38.9 Å². The Morgan fingerprint density at radius 2 is 1.80 bits per heavy atom. The zero-order valence-corrected chi connectivity index (χ0v) is 28.1. The van der Waals surface area contributed by atoms with Crippen molar-refractivity contribution in [3.63, 3.8) is 0 Å². The van der Waals surface area contributed by atoms with E-state index in [0.717, 1.165) is 21.2 Å². The van der Waals surface area contributed by atoms with Gasteiger partial charge in [0.25, 0.3) is 5.56 Å². The maximum absolute atomic E-state index is 14.2. The number of methoxy groups -OCH3 is 1. The Kier molecular flexibility index (Phi) is 9.53. The van der Waals surface area contributed by atoms with E-state index in [-0.39, 0.29) is 17.7 Å². The quantitative estimate of drug-likeness (QED) is 0.155. The molecule has 10 heteroatoms. The molecule has 0 saturated carbocycles. The smallest absolute Gasteiger partial charge is 0.338 e. The number of benzene rings is 4. The first-order valence-electron chi connectivity index (χ1n) is 14.5. The number of hydrogen-bond donors (Lipinski definition) is 0. The van der Waals surface area contributed by atoms with E-state index < -0.39 is 12.0 Å². The molecule has 0 bridgehead atoms. The summed E-state index contributed by atoms with van der Waals surface area (Å²) in [5, 5.41) is 0.638. The standard InChI is InChI=1S/C36H28BrClN2O5S/c1-3-44-35(42)31-32(23-10-5-4-6-11-23)39-36-40(33(31)24-13-9-14-26(20-24)43-2)34(41)30(46-36)19-22-16-17-29(27(37)18-22)45-21-25-12-7-8-15-28(25)38/h4-20,33H,3,21H2,1-2H3/b30-19-/t33-/m0/s1. The van der Waals surface area contributed by atoms with Crippen LogP contribution in [0.3, 0.4) is 0 Å². The Balaban J connectivity index is 1.47. The van der Waals surface area contributed by atoms with Crippen molar-refractivity contribution in [3.05, 3.63) is 154 Å². The minimum Gasteiger partial charge on any atom is -0.497 e. The summed E-state index contributed by atoms with van der Waals surface area (Å²) in [5.41, 5.74) is 3.57. The molecule has 0 aliphatic carbocycles. The molecule has 1 atom stereocenters. The van der Waals surface area contributed by atoms with Gasteiger partial charge in [-0.3, -0.25) is 9.36 Å². The van der Waals surface area contributed by atoms with Gasteiger partial charge in [-0.15, -0.1) is 0 Å². The number of nitrogens with zero attached hydrogens (tertiary/aromatic N) is 2. The fourth-order valence-electron chi connectivity index (χ4n) is 5.21. The summed E-state index contributed by atoms with van der Waals surface area (Å²) >= 11 is 11.2. The molecule has 4 aromatic carbocycles. The van der Waals surface area contributed by atoms with Gasteiger partial charge in [-0.05, 0) is 70.4 Å². The van der Waals surface area contributed by atoms with Crippen molar-refractivity contribution >= 4 is 56.6 Å². The van der Waals surface area contributed by atoms with Crippen molar-refractivity contribution in [2.75, 3.05) is 13.7 Å². The molecule has 2 heterocycles. The highest BCUT2D eigenvalue weighted by atomic mass is 79.9. The van der Waals surface area contributed by atoms with Crippen LogP contribution in [0.15, 0.2) is 117 Å². The zero-order valence-electron chi connectivity index (χ0n) is 24.9. The predicted octanol–water partition coefficient (Wildman–Crippen LogP) is 6.94. The second-order valence-electron chi connectivity index (χ2n) is 10.3. The van der Waals surface area contributed by atoms with Gasteiger partial charge in [0.2, 0.25) is 0 Å². The summed E-state index contributed by atoms with van der Waals surface area (Å²) in [6.45, 7) is 2.24. The molecule has 0 spiro atoms. The lowest BCUT2D eigenvalue weighted by Gasteiger charge is -2.26. The number of thiazole rings is 1. The van der Waals surface area contributed by atoms with E-state index in [1.165, 1.54) is 11.3 Å². The van der Waals surface area contributed by atoms with Crippen LogP contribution < -0.4 is 24.4 Å². The van der Waals surface area contributed by atoms with Crippen molar-refractivity contribution < 1.29 is 19.0 Å². The Labute approximate surface area is 282 Å². The summed E-state index contributed by atoms with van der Waals surface area (Å²) in [6, 6.07) is 29.1. The zero-order chi connectivity index (χ0) is 32.2. The number of fused-ring (bicyclic) bond motifs is 1. The Morgan fingerprint density at radius 3 is 2.54 bits per heavy atom. The molecule has 0 saturated heterocycles. The van der Waals surface area contributed by atoms with Crippen LogP contribution in [0.2, 0.25) is 5.02 Å². The molecule has 1 aromatic heterocycles. The molecule has 7 nitrogen and oxygen atoms in total. The molecule has 6 rings (SSSR count). The predicted molar refractivity (Wildman–Crippen MR) is 184 cm³/mol. The van der Waals surface area contributed by atoms with Crippen molar-refractivity contribution in [1.29, 1.82) is 0 Å². The van der Waals surface area contributed by atoms with E-state index in [2.05, 4.69) is 15.9 Å². The fourth-order valence-corrected chi connectivity index (χ4v) is 6.92. The highest BCUT2D eigenvalue weighted by molar-refractivity contribution is 9.10. The molecule has 0 amide bonds. The first-order chi connectivity index (χ1) is 22.4. The molecule has 5 aromatic rings. The summed E-state index contributed by atoms with van der Waals surface area (Å²) in [5.74, 6) is 0.703. The van der Waals surface area contributed by atoms with E-state index in [1.54, 1.807) is 18.6 Å². The maximum atomic E-state index is 14.2. The number of carbonyl (C=O) groups is 1. The van der Waals surface area contributed by atoms with E-state index in [1.807, 2.05) is 103 Å². The molecule has 0 radical (unpaired) electrons. The van der Waals surface area contributed by atoms with Crippen LogP contribution in [0.4, 0.5) is 0 Å². The molecule has 0 fully saturated rings. The number of rotatable bonds is 9. The van der Waals surface area contributed by atoms with Gasteiger partial charge >= 0.3 is 5.97 Å². The highest BCUT2D eigenvalue weighted by Crippen LogP contribution is 2.36. The first kappa shape index (κ1) is 31.5. The van der Waals surface area contributed by atoms with Gasteiger partial charge in [0, 0.05) is 16.1 Å². The van der Waals surface area contributed by atoms with Gasteiger partial charge in [0.1, 0.15) is 18.1 Å². The third-order valence-corrected chi connectivity index (χ3v) is 9.35. The van der Waals surface area contributed by atoms with Crippen LogP contribution in [-0.2, 0) is 16.1 Å². The maximum Gasteiger partial charge on any atom is 0.338 e. The molecule has 232 valence electrons. The highest BCUT2D eigenvalue weighted by Gasteiger charge is 2.35. The summed E-state index contributed by atoms with van der Waals surface area (Å²) in [4.78, 5) is 33.2. The van der Waals surface area contributed by atoms with Crippen molar-refractivity contribution in [3.8, 4) is 11.5 Å². The van der Waals surface area contributed by atoms with Crippen LogP contribution in [0, 0.1) is 0 Å². The van der Waals surface area contributed by atoms with Crippen LogP contribution in [-0.4, -0.2) is 24.3 Å². The molecule has 1 aliphatic heterocycles. The largest absolute Gasteiger partial charge is 0.497 e. The average molecular weight is 716 g/mol. The monoisotopic (exact) mass is 714 g/mol. The van der Waals surface area contributed by atoms with Crippen molar-refractivity contribution in [2.24, 2.45) is 4.99 Å². The minimum absolute atomic E-state index is 0.173. The number of ether oxygens (including phenoxy) is 3. The number of aromatic nitrogens is 1. The van der Waals surface area contributed by atoms with Gasteiger partial charge in [-0.25, -0.2) is 9.79 Å². The van der Waals surface area contributed by atoms with Crippen LogP contribution in [0.5, 0.6) is 11.5 Å². The Hall–Kier alpha value is -4.44. The lowest BCUT2D eigenvalue weighted by molar-refractivity contribution is -0.138. The number of esters is 1. The van der Waals surface area contributed by atoms with Gasteiger partial charge in [0.15, 0.2) is 4.80 Å². The van der Waals surface area contributed by atoms with Gasteiger partial charge in [-0.1, -0.05) is 89.7 Å². The number of halogens is 2. The van der Waals surface area contributed by atoms with Crippen LogP contribution in [0.1, 0.15) is 35.2 Å². The Bertz CT molecular complexity index is 2140. The molecular formula is C36H28BrClN2O5S. The fraction of sp³-hybridized carbons (Fsp3) is 0.139. The van der Waals surface area contributed by atoms with Gasteiger partial charge in [0.05, 0.1) is 40.0 Å². The minimum atomic E-state index is -0.796. The van der Waals surface area contributed by atoms with Crippen molar-refractivity contribution in [2.45, 2.75) is 19.6 Å². The summed E-state index contributed by atoms with van der Waals surface area (Å²) in [6.07, 6.45) is 1.81. The topological polar surface area (TPSA) is 79.1 Å². The average Bonchev–Trinajstić information content (AvgIpc) is 3.38. The Morgan fingerprint density at radius 1 is 1.02 bits per heavy atom. The molecular weight excluding hydrogens is 688 g/mol. The molecule has 46 heavy (non-hydrogen) atoms. The SMILES string of the molecule is CCOC(=O)C1=C(c2ccccc2)N=c2s/c(=C\c3ccc(OCc4ccccc4Cl)c(Br)c3)c(=O)n2[C@H]1c1cccc(OC)c1. The second kappa shape index (κ2) is 13.9. The normalized spacial score (nSPS) is 14.4. The molecule has 0 unspecified atom stereocenters. The third-order valence-electron chi connectivity index (χ3n) is 7.38. The number of carbonyl (C=O) groups excluding carboxylic acids is 1. The lowest BCUT2D eigenvalue weighted by Crippen LogP contribution is -2.40. The number of hydrogen-bond acceptors (Lipinski definition) is 7. The van der Waals surface area contributed by atoms with Gasteiger partial charge in [-0.2, -0.15) is 0 Å². The summed E-state index contributed by atoms with van der Waals surface area (Å²) in [7, 11) is 1.58.